The van der Waals surface area contributed by atoms with Gasteiger partial charge in [-0.2, -0.15) is 0 Å². The maximum absolute atomic E-state index is 3.93. The smallest absolute Gasteiger partial charge is 0.0204 e. The fraction of sp³-hybridized carbons (Fsp3) is 0.846. The number of allylic oxidation sites excluding steroid dienone is 1. The molecule has 2 aliphatic carbocycles. The molecule has 0 aromatic carbocycles. The van der Waals surface area contributed by atoms with Crippen molar-refractivity contribution in [1.29, 1.82) is 0 Å². The average Bonchev–Trinajstić information content (AvgIpc) is 2.66. The van der Waals surface area contributed by atoms with E-state index in [0.717, 1.165) is 29.1 Å². The van der Waals surface area contributed by atoms with Gasteiger partial charge >= 0.3 is 0 Å². The lowest BCUT2D eigenvalue weighted by Gasteiger charge is -2.34. The number of rotatable bonds is 4. The molecule has 5 unspecified atom stereocenters. The molecule has 0 radical (unpaired) electrons. The molecule has 0 nitrogen and oxygen atoms in total. The van der Waals surface area contributed by atoms with Gasteiger partial charge in [-0.05, 0) is 41.9 Å². The molecule has 0 saturated heterocycles. The third kappa shape index (κ3) is 0.978. The van der Waals surface area contributed by atoms with Crippen LogP contribution in [0, 0.1) is 29.1 Å². The summed E-state index contributed by atoms with van der Waals surface area (Å²) >= 11 is 0. The van der Waals surface area contributed by atoms with Gasteiger partial charge in [0.15, 0.2) is 0 Å². The van der Waals surface area contributed by atoms with E-state index >= 15 is 0 Å². The van der Waals surface area contributed by atoms with Crippen LogP contribution in [-0.2, 0) is 0 Å². The molecule has 0 bridgehead atoms. The van der Waals surface area contributed by atoms with Gasteiger partial charge in [0.2, 0.25) is 0 Å². The molecule has 2 fully saturated rings. The summed E-state index contributed by atoms with van der Waals surface area (Å²) in [6.45, 7) is 11.1. The van der Waals surface area contributed by atoms with Crippen molar-refractivity contribution in [3.8, 4) is 0 Å². The molecule has 0 aliphatic heterocycles. The first-order chi connectivity index (χ1) is 6.18. The molecule has 0 aromatic heterocycles. The van der Waals surface area contributed by atoms with Crippen molar-refractivity contribution in [3.63, 3.8) is 0 Å². The molecule has 0 N–H and O–H groups in total. The van der Waals surface area contributed by atoms with Crippen LogP contribution in [0.3, 0.4) is 0 Å². The summed E-state index contributed by atoms with van der Waals surface area (Å²) < 4.78 is 0. The van der Waals surface area contributed by atoms with Crippen LogP contribution in [0.25, 0.3) is 0 Å². The second kappa shape index (κ2) is 2.87. The standard InChI is InChI=1S/C13H22/c1-5-7-13-10(4)8-11(13)12(13)9(3)6-2/h6,9-12H,2,5,7-8H2,1,3-4H3. The lowest BCUT2D eigenvalue weighted by Crippen LogP contribution is -2.26. The molecule has 0 heteroatoms. The minimum Gasteiger partial charge on any atom is -0.103 e. The van der Waals surface area contributed by atoms with E-state index in [1.54, 1.807) is 0 Å². The highest BCUT2D eigenvalue weighted by Crippen LogP contribution is 2.79. The Morgan fingerprint density at radius 1 is 1.62 bits per heavy atom. The second-order valence-corrected chi connectivity index (χ2v) is 5.23. The second-order valence-electron chi connectivity index (χ2n) is 5.23. The molecule has 0 amide bonds. The summed E-state index contributed by atoms with van der Waals surface area (Å²) in [6.07, 6.45) is 6.47. The number of hydrogen-bond acceptors (Lipinski definition) is 0. The van der Waals surface area contributed by atoms with Crippen LogP contribution in [0.2, 0.25) is 0 Å². The molecule has 2 aliphatic rings. The average molecular weight is 178 g/mol. The SMILES string of the molecule is C=CC(C)C1C2CC(C)C21CCC. The zero-order chi connectivity index (χ0) is 9.64. The first-order valence-corrected chi connectivity index (χ1v) is 5.81. The monoisotopic (exact) mass is 178 g/mol. The van der Waals surface area contributed by atoms with Crippen molar-refractivity contribution < 1.29 is 0 Å². The maximum Gasteiger partial charge on any atom is -0.0204 e. The summed E-state index contributed by atoms with van der Waals surface area (Å²) in [6, 6.07) is 0. The predicted octanol–water partition coefficient (Wildman–Crippen LogP) is 3.88. The Labute approximate surface area is 82.4 Å². The Bertz CT molecular complexity index is 218. The van der Waals surface area contributed by atoms with Crippen LogP contribution in [0.15, 0.2) is 12.7 Å². The Hall–Kier alpha value is -0.260. The van der Waals surface area contributed by atoms with Gasteiger partial charge < -0.3 is 0 Å². The zero-order valence-corrected chi connectivity index (χ0v) is 9.22. The van der Waals surface area contributed by atoms with Gasteiger partial charge in [0.1, 0.15) is 0 Å². The van der Waals surface area contributed by atoms with Gasteiger partial charge in [0.25, 0.3) is 0 Å². The van der Waals surface area contributed by atoms with Crippen LogP contribution in [-0.4, -0.2) is 0 Å². The minimum absolute atomic E-state index is 0.751. The molecule has 74 valence electrons. The van der Waals surface area contributed by atoms with Crippen molar-refractivity contribution in [3.05, 3.63) is 12.7 Å². The van der Waals surface area contributed by atoms with E-state index in [2.05, 4.69) is 33.4 Å². The molecule has 5 atom stereocenters. The van der Waals surface area contributed by atoms with E-state index in [-0.39, 0.29) is 0 Å². The van der Waals surface area contributed by atoms with Gasteiger partial charge in [0.05, 0.1) is 0 Å². The lowest BCUT2D eigenvalue weighted by atomic mass is 9.71. The molecule has 0 aromatic rings. The van der Waals surface area contributed by atoms with E-state index < -0.39 is 0 Å². The topological polar surface area (TPSA) is 0 Å². The van der Waals surface area contributed by atoms with Crippen molar-refractivity contribution in [2.45, 2.75) is 40.0 Å². The first kappa shape index (κ1) is 9.30. The molecular weight excluding hydrogens is 156 g/mol. The molecule has 2 rings (SSSR count). The van der Waals surface area contributed by atoms with Crippen LogP contribution >= 0.6 is 0 Å². The van der Waals surface area contributed by atoms with E-state index in [0.29, 0.717) is 0 Å². The molecule has 2 saturated carbocycles. The van der Waals surface area contributed by atoms with Crippen molar-refractivity contribution in [1.82, 2.24) is 0 Å². The number of fused-ring (bicyclic) bond motifs is 1. The third-order valence-electron chi connectivity index (χ3n) is 4.78. The maximum atomic E-state index is 3.93. The first-order valence-electron chi connectivity index (χ1n) is 5.81. The highest BCUT2D eigenvalue weighted by atomic mass is 14.8. The normalized spacial score (nSPS) is 49.0. The van der Waals surface area contributed by atoms with Gasteiger partial charge in [-0.1, -0.05) is 33.3 Å². The van der Waals surface area contributed by atoms with Crippen LogP contribution in [0.4, 0.5) is 0 Å². The Morgan fingerprint density at radius 2 is 2.31 bits per heavy atom. The molecule has 0 heterocycles. The largest absolute Gasteiger partial charge is 0.103 e. The van der Waals surface area contributed by atoms with Gasteiger partial charge in [0, 0.05) is 0 Å². The third-order valence-corrected chi connectivity index (χ3v) is 4.78. The van der Waals surface area contributed by atoms with E-state index in [9.17, 15) is 0 Å². The van der Waals surface area contributed by atoms with Crippen molar-refractivity contribution in [2.24, 2.45) is 29.1 Å². The van der Waals surface area contributed by atoms with Crippen LogP contribution < -0.4 is 0 Å². The Balaban J connectivity index is 2.06. The van der Waals surface area contributed by atoms with E-state index in [1.165, 1.54) is 19.3 Å². The van der Waals surface area contributed by atoms with Crippen LogP contribution in [0.5, 0.6) is 0 Å². The highest BCUT2D eigenvalue weighted by molar-refractivity contribution is 5.22. The summed E-state index contributed by atoms with van der Waals surface area (Å²) in [4.78, 5) is 0. The van der Waals surface area contributed by atoms with Gasteiger partial charge in [-0.25, -0.2) is 0 Å². The Kier molecular flexibility index (Phi) is 2.05. The summed E-state index contributed by atoms with van der Waals surface area (Å²) in [5.74, 6) is 3.79. The molecule has 13 heavy (non-hydrogen) atoms. The molecule has 0 spiro atoms. The fourth-order valence-electron chi connectivity index (χ4n) is 4.11. The van der Waals surface area contributed by atoms with E-state index in [1.807, 2.05) is 0 Å². The van der Waals surface area contributed by atoms with Gasteiger partial charge in [-0.15, -0.1) is 6.58 Å². The summed E-state index contributed by atoms with van der Waals surface area (Å²) in [5.41, 5.74) is 0.766. The minimum atomic E-state index is 0.751. The molecular formula is C13H22. The lowest BCUT2D eigenvalue weighted by molar-refractivity contribution is 0.154. The quantitative estimate of drug-likeness (QED) is 0.573. The number of hydrogen-bond donors (Lipinski definition) is 0. The van der Waals surface area contributed by atoms with E-state index in [4.69, 9.17) is 0 Å². The zero-order valence-electron chi connectivity index (χ0n) is 9.22. The van der Waals surface area contributed by atoms with Crippen molar-refractivity contribution in [2.75, 3.05) is 0 Å². The Morgan fingerprint density at radius 3 is 2.77 bits per heavy atom. The fourth-order valence-corrected chi connectivity index (χ4v) is 4.11. The summed E-state index contributed by atoms with van der Waals surface area (Å²) in [5, 5.41) is 0. The highest BCUT2D eigenvalue weighted by Gasteiger charge is 2.73. The predicted molar refractivity (Wildman–Crippen MR) is 57.5 cm³/mol. The van der Waals surface area contributed by atoms with Crippen molar-refractivity contribution >= 4 is 0 Å². The van der Waals surface area contributed by atoms with Crippen LogP contribution in [0.1, 0.15) is 40.0 Å². The summed E-state index contributed by atoms with van der Waals surface area (Å²) in [7, 11) is 0. The van der Waals surface area contributed by atoms with Gasteiger partial charge in [-0.3, -0.25) is 0 Å².